The van der Waals surface area contributed by atoms with Gasteiger partial charge in [-0.25, -0.2) is 0 Å². The Kier molecular flexibility index (Phi) is 14.6. The topological polar surface area (TPSA) is 337 Å². The van der Waals surface area contributed by atoms with Crippen LogP contribution >= 0.6 is 0 Å². The van der Waals surface area contributed by atoms with Crippen LogP contribution in [0, 0.1) is 0 Å². The van der Waals surface area contributed by atoms with Crippen molar-refractivity contribution in [3.63, 3.8) is 0 Å². The van der Waals surface area contributed by atoms with Gasteiger partial charge in [0.2, 0.25) is 0 Å². The van der Waals surface area contributed by atoms with Crippen LogP contribution in [0.1, 0.15) is 13.3 Å². The molecule has 4 saturated heterocycles. The van der Waals surface area contributed by atoms with Crippen molar-refractivity contribution in [2.75, 3.05) is 33.0 Å². The average molecular weight is 709 g/mol. The zero-order chi connectivity index (χ0) is 35.4. The largest absolute Gasteiger partial charge is 0.394 e. The van der Waals surface area contributed by atoms with Gasteiger partial charge in [-0.2, -0.15) is 0 Å². The highest BCUT2D eigenvalue weighted by Crippen LogP contribution is 2.34. The summed E-state index contributed by atoms with van der Waals surface area (Å²) >= 11 is 0. The summed E-state index contributed by atoms with van der Waals surface area (Å²) in [7, 11) is 0. The van der Waals surface area contributed by atoms with Crippen molar-refractivity contribution in [1.82, 2.24) is 0 Å². The molecule has 0 amide bonds. The maximum atomic E-state index is 11.2. The maximum absolute atomic E-state index is 11.2. The molecule has 48 heavy (non-hydrogen) atoms. The fourth-order valence-corrected chi connectivity index (χ4v) is 5.95. The van der Waals surface area contributed by atoms with Gasteiger partial charge in [-0.1, -0.05) is 6.92 Å². The number of rotatable bonds is 13. The number of ether oxygens (including phenoxy) is 8. The minimum Gasteiger partial charge on any atom is -0.394 e. The number of hydrogen-bond acceptors (Lipinski definition) is 21. The summed E-state index contributed by atoms with van der Waals surface area (Å²) in [5, 5.41) is 135. The molecule has 13 N–H and O–H groups in total. The molecule has 0 aromatic rings. The summed E-state index contributed by atoms with van der Waals surface area (Å²) in [6.07, 6.45) is -33.9. The van der Waals surface area contributed by atoms with E-state index in [0.717, 1.165) is 0 Å². The third kappa shape index (κ3) is 8.28. The standard InChI is InChI=1S/C27H48O21/c1-2-3-41-20-13(33)9(5-29)43-25(17(20)37)46-21-14(34)10(6-30)44-26(18(21)38)47-22-15(35)11(7-31)45-27(19(22)39)48-23-16(36)12(32)8(4-28)42-24(23)40/h8-40H,2-7H2,1H3/t8?,9?,10?,11?,12-,13-,14-,15-,16-,17?,18?,19?,20-,21-,22-,23?,24?,25-,26-,27-/m0/s1. The molecule has 0 aliphatic carbocycles. The third-order valence-corrected chi connectivity index (χ3v) is 8.70. The van der Waals surface area contributed by atoms with Crippen LogP contribution in [0.15, 0.2) is 0 Å². The fourth-order valence-electron chi connectivity index (χ4n) is 5.95. The average Bonchev–Trinajstić information content (AvgIpc) is 3.07. The molecule has 9 unspecified atom stereocenters. The lowest BCUT2D eigenvalue weighted by Gasteiger charge is -2.49. The third-order valence-electron chi connectivity index (χ3n) is 8.70. The van der Waals surface area contributed by atoms with E-state index >= 15 is 0 Å². The Bertz CT molecular complexity index is 966. The van der Waals surface area contributed by atoms with Crippen molar-refractivity contribution >= 4 is 0 Å². The Labute approximate surface area is 273 Å². The van der Waals surface area contributed by atoms with Crippen LogP contribution in [0.5, 0.6) is 0 Å². The number of aliphatic hydroxyl groups excluding tert-OH is 13. The smallest absolute Gasteiger partial charge is 0.187 e. The first-order valence-corrected chi connectivity index (χ1v) is 15.6. The fraction of sp³-hybridized carbons (Fsp3) is 1.00. The molecular weight excluding hydrogens is 660 g/mol. The monoisotopic (exact) mass is 708 g/mol. The van der Waals surface area contributed by atoms with Crippen LogP contribution in [0.3, 0.4) is 0 Å². The van der Waals surface area contributed by atoms with E-state index in [9.17, 15) is 66.4 Å². The Balaban J connectivity index is 1.52. The van der Waals surface area contributed by atoms with E-state index in [4.69, 9.17) is 37.9 Å². The van der Waals surface area contributed by atoms with Crippen LogP contribution in [-0.4, -0.2) is 222 Å². The van der Waals surface area contributed by atoms with Crippen LogP contribution in [-0.2, 0) is 37.9 Å². The predicted molar refractivity (Wildman–Crippen MR) is 148 cm³/mol. The summed E-state index contributed by atoms with van der Waals surface area (Å²) in [5.41, 5.74) is 0. The maximum Gasteiger partial charge on any atom is 0.187 e. The van der Waals surface area contributed by atoms with E-state index in [0.29, 0.717) is 6.42 Å². The molecule has 4 heterocycles. The van der Waals surface area contributed by atoms with Gasteiger partial charge in [0, 0.05) is 6.61 Å². The quantitative estimate of drug-likeness (QED) is 0.0844. The molecule has 20 atom stereocenters. The van der Waals surface area contributed by atoms with Gasteiger partial charge < -0.3 is 104 Å². The summed E-state index contributed by atoms with van der Waals surface area (Å²) < 4.78 is 43.8. The molecular formula is C27H48O21. The molecule has 4 fully saturated rings. The Morgan fingerprint density at radius 1 is 0.417 bits per heavy atom. The van der Waals surface area contributed by atoms with Crippen LogP contribution in [0.4, 0.5) is 0 Å². The van der Waals surface area contributed by atoms with Gasteiger partial charge in [-0.05, 0) is 6.42 Å². The highest BCUT2D eigenvalue weighted by Gasteiger charge is 2.55. The predicted octanol–water partition coefficient (Wildman–Crippen LogP) is -8.31. The van der Waals surface area contributed by atoms with Gasteiger partial charge in [0.15, 0.2) is 25.2 Å². The first-order chi connectivity index (χ1) is 22.8. The molecule has 21 nitrogen and oxygen atoms in total. The van der Waals surface area contributed by atoms with E-state index in [1.165, 1.54) is 0 Å². The molecule has 21 heteroatoms. The van der Waals surface area contributed by atoms with E-state index in [2.05, 4.69) is 0 Å². The summed E-state index contributed by atoms with van der Waals surface area (Å²) in [5.74, 6) is 0. The van der Waals surface area contributed by atoms with E-state index < -0.39 is 149 Å². The molecule has 4 rings (SSSR count). The lowest BCUT2D eigenvalue weighted by molar-refractivity contribution is -0.392. The SMILES string of the molecule is CCCO[C@@H]1C(O)[C@H](O[C@@H]2C(O)[C@H](O[C@@H]3C(O)[C@H](OC4C(O)OC(CO)[C@H](O)[C@@H]4O)OC(CO)[C@@H]3O)OC(CO)[C@@H]2O)OC(CO)[C@@H]1O. The Hall–Kier alpha value is -0.840. The van der Waals surface area contributed by atoms with E-state index in [1.807, 2.05) is 0 Å². The van der Waals surface area contributed by atoms with E-state index in [1.54, 1.807) is 6.92 Å². The van der Waals surface area contributed by atoms with Crippen LogP contribution in [0.25, 0.3) is 0 Å². The van der Waals surface area contributed by atoms with Gasteiger partial charge in [-0.3, -0.25) is 0 Å². The first kappa shape index (κ1) is 39.9. The van der Waals surface area contributed by atoms with E-state index in [-0.39, 0.29) is 6.61 Å². The number of aliphatic hydroxyl groups is 13. The molecule has 282 valence electrons. The highest BCUT2D eigenvalue weighted by molar-refractivity contribution is 4.98. The Morgan fingerprint density at radius 2 is 0.771 bits per heavy atom. The molecule has 0 aromatic heterocycles. The Morgan fingerprint density at radius 3 is 1.17 bits per heavy atom. The minimum absolute atomic E-state index is 0.111. The lowest BCUT2D eigenvalue weighted by Crippen LogP contribution is -2.67. The molecule has 0 saturated carbocycles. The second kappa shape index (κ2) is 17.6. The number of hydrogen-bond donors (Lipinski definition) is 13. The van der Waals surface area contributed by atoms with Crippen molar-refractivity contribution < 1.29 is 104 Å². The molecule has 4 aliphatic heterocycles. The summed E-state index contributed by atoms with van der Waals surface area (Å²) in [4.78, 5) is 0. The van der Waals surface area contributed by atoms with Gasteiger partial charge in [0.25, 0.3) is 0 Å². The molecule has 0 bridgehead atoms. The molecule has 4 aliphatic rings. The van der Waals surface area contributed by atoms with Gasteiger partial charge >= 0.3 is 0 Å². The first-order valence-electron chi connectivity index (χ1n) is 15.6. The lowest BCUT2D eigenvalue weighted by atomic mass is 9.95. The van der Waals surface area contributed by atoms with Crippen LogP contribution < -0.4 is 0 Å². The van der Waals surface area contributed by atoms with Crippen molar-refractivity contribution in [3.05, 3.63) is 0 Å². The van der Waals surface area contributed by atoms with Crippen LogP contribution in [0.2, 0.25) is 0 Å². The van der Waals surface area contributed by atoms with Gasteiger partial charge in [0.05, 0.1) is 26.4 Å². The van der Waals surface area contributed by atoms with Gasteiger partial charge in [0.1, 0.15) is 97.7 Å². The van der Waals surface area contributed by atoms with Crippen molar-refractivity contribution in [3.8, 4) is 0 Å². The van der Waals surface area contributed by atoms with Crippen molar-refractivity contribution in [1.29, 1.82) is 0 Å². The second-order valence-electron chi connectivity index (χ2n) is 12.0. The molecule has 0 spiro atoms. The normalized spacial score (nSPS) is 50.4. The molecule has 0 radical (unpaired) electrons. The second-order valence-corrected chi connectivity index (χ2v) is 12.0. The van der Waals surface area contributed by atoms with Gasteiger partial charge in [-0.15, -0.1) is 0 Å². The summed E-state index contributed by atoms with van der Waals surface area (Å²) in [6.45, 7) is -1.36. The highest BCUT2D eigenvalue weighted by atomic mass is 16.8. The summed E-state index contributed by atoms with van der Waals surface area (Å²) in [6, 6.07) is 0. The zero-order valence-corrected chi connectivity index (χ0v) is 25.9. The molecule has 0 aromatic carbocycles. The van der Waals surface area contributed by atoms with Crippen molar-refractivity contribution in [2.24, 2.45) is 0 Å². The minimum atomic E-state index is -2.03. The zero-order valence-electron chi connectivity index (χ0n) is 25.9. The van der Waals surface area contributed by atoms with Crippen molar-refractivity contribution in [2.45, 2.75) is 136 Å².